The van der Waals surface area contributed by atoms with Crippen molar-refractivity contribution >= 4 is 38.4 Å². The van der Waals surface area contributed by atoms with Crippen molar-refractivity contribution in [2.75, 3.05) is 0 Å². The van der Waals surface area contributed by atoms with Gasteiger partial charge in [-0.05, 0) is 53.4 Å². The Bertz CT molecular complexity index is 2020. The van der Waals surface area contributed by atoms with E-state index in [0.29, 0.717) is 18.5 Å². The minimum atomic E-state index is -4.15. The monoisotopic (exact) mass is 606 g/mol. The molecule has 3 heterocycles. The lowest BCUT2D eigenvalue weighted by Gasteiger charge is -2.10. The summed E-state index contributed by atoms with van der Waals surface area (Å²) in [5.74, 6) is 0.301. The lowest BCUT2D eigenvalue weighted by Crippen LogP contribution is -2.30. The van der Waals surface area contributed by atoms with Gasteiger partial charge in [-0.15, -0.1) is 11.3 Å². The Hall–Kier alpha value is -4.60. The number of carbonyl (C=O) groups is 1. The smallest absolute Gasteiger partial charge is 0.274 e. The zero-order chi connectivity index (χ0) is 30.0. The molecule has 0 spiro atoms. The van der Waals surface area contributed by atoms with Crippen LogP contribution in [0.3, 0.4) is 0 Å². The SMILES string of the molecule is CCc1nc2c(C)ccnc2n1Cc1ccc(-c2cc(Cc3ccccc3)sc2S(=O)(=O)NC(=O)c2ccccc2)cc1. The molecule has 6 rings (SSSR count). The molecular weight excluding hydrogens is 577 g/mol. The van der Waals surface area contributed by atoms with E-state index >= 15 is 0 Å². The van der Waals surface area contributed by atoms with E-state index in [1.54, 1.807) is 36.5 Å². The molecule has 0 aliphatic carbocycles. The number of thiophene rings is 1. The fourth-order valence-corrected chi connectivity index (χ4v) is 7.86. The summed E-state index contributed by atoms with van der Waals surface area (Å²) in [6.07, 6.45) is 3.17. The Labute approximate surface area is 255 Å². The number of fused-ring (bicyclic) bond motifs is 1. The van der Waals surface area contributed by atoms with Gasteiger partial charge in [0.25, 0.3) is 15.9 Å². The van der Waals surface area contributed by atoms with Gasteiger partial charge in [0.1, 0.15) is 15.6 Å². The van der Waals surface area contributed by atoms with Crippen LogP contribution in [-0.4, -0.2) is 28.9 Å². The van der Waals surface area contributed by atoms with Gasteiger partial charge in [0, 0.05) is 35.0 Å². The molecule has 3 aromatic heterocycles. The van der Waals surface area contributed by atoms with Gasteiger partial charge < -0.3 is 4.57 Å². The van der Waals surface area contributed by atoms with Crippen molar-refractivity contribution in [3.8, 4) is 11.1 Å². The molecule has 3 aromatic carbocycles. The highest BCUT2D eigenvalue weighted by atomic mass is 32.2. The number of nitrogens with one attached hydrogen (secondary N) is 1. The first kappa shape index (κ1) is 28.5. The maximum absolute atomic E-state index is 13.6. The molecule has 43 heavy (non-hydrogen) atoms. The summed E-state index contributed by atoms with van der Waals surface area (Å²) in [5, 5.41) is 0. The van der Waals surface area contributed by atoms with Crippen molar-refractivity contribution < 1.29 is 13.2 Å². The van der Waals surface area contributed by atoms with Gasteiger partial charge in [-0.3, -0.25) is 4.79 Å². The van der Waals surface area contributed by atoms with Crippen LogP contribution in [-0.2, 0) is 29.4 Å². The molecule has 0 saturated heterocycles. The summed E-state index contributed by atoms with van der Waals surface area (Å²) in [6, 6.07) is 30.0. The summed E-state index contributed by atoms with van der Waals surface area (Å²) in [4.78, 5) is 23.1. The van der Waals surface area contributed by atoms with E-state index in [4.69, 9.17) is 4.98 Å². The Morgan fingerprint density at radius 3 is 2.30 bits per heavy atom. The van der Waals surface area contributed by atoms with Crippen LogP contribution in [0.4, 0.5) is 0 Å². The number of amides is 1. The van der Waals surface area contributed by atoms with Crippen molar-refractivity contribution in [2.45, 2.75) is 37.4 Å². The molecule has 9 heteroatoms. The van der Waals surface area contributed by atoms with Crippen LogP contribution in [0.1, 0.15) is 44.7 Å². The maximum atomic E-state index is 13.6. The van der Waals surface area contributed by atoms with E-state index in [1.807, 2.05) is 73.7 Å². The predicted molar refractivity (Wildman–Crippen MR) is 171 cm³/mol. The van der Waals surface area contributed by atoms with Crippen LogP contribution >= 0.6 is 11.3 Å². The summed E-state index contributed by atoms with van der Waals surface area (Å²) in [6.45, 7) is 4.71. The third kappa shape index (κ3) is 6.00. The van der Waals surface area contributed by atoms with Crippen LogP contribution < -0.4 is 4.72 Å². The Kier molecular flexibility index (Phi) is 7.92. The average molecular weight is 607 g/mol. The number of hydrogen-bond acceptors (Lipinski definition) is 6. The Morgan fingerprint density at radius 1 is 0.907 bits per heavy atom. The van der Waals surface area contributed by atoms with Crippen LogP contribution in [0, 0.1) is 6.92 Å². The van der Waals surface area contributed by atoms with Crippen LogP contribution in [0.25, 0.3) is 22.3 Å². The van der Waals surface area contributed by atoms with Crippen molar-refractivity contribution in [3.63, 3.8) is 0 Å². The Balaban J connectivity index is 1.34. The van der Waals surface area contributed by atoms with Gasteiger partial charge in [0.05, 0.1) is 6.54 Å². The average Bonchev–Trinajstić information content (AvgIpc) is 3.61. The zero-order valence-electron chi connectivity index (χ0n) is 23.8. The number of aryl methyl sites for hydroxylation is 2. The molecule has 0 saturated carbocycles. The molecule has 0 fully saturated rings. The van der Waals surface area contributed by atoms with E-state index in [2.05, 4.69) is 21.2 Å². The normalized spacial score (nSPS) is 11.6. The molecule has 7 nitrogen and oxygen atoms in total. The van der Waals surface area contributed by atoms with Gasteiger partial charge in [-0.2, -0.15) is 0 Å². The van der Waals surface area contributed by atoms with E-state index in [-0.39, 0.29) is 9.77 Å². The number of aromatic nitrogens is 3. The van der Waals surface area contributed by atoms with Crippen molar-refractivity contribution in [3.05, 3.63) is 136 Å². The first-order valence-corrected chi connectivity index (χ1v) is 16.3. The first-order chi connectivity index (χ1) is 20.8. The molecule has 1 N–H and O–H groups in total. The van der Waals surface area contributed by atoms with Crippen molar-refractivity contribution in [2.24, 2.45) is 0 Å². The van der Waals surface area contributed by atoms with Crippen LogP contribution in [0.15, 0.2) is 107 Å². The molecule has 0 bridgehead atoms. The number of hydrogen-bond donors (Lipinski definition) is 1. The van der Waals surface area contributed by atoms with E-state index in [9.17, 15) is 13.2 Å². The molecule has 0 aliphatic heterocycles. The van der Waals surface area contributed by atoms with E-state index in [1.165, 1.54) is 11.3 Å². The second-order valence-electron chi connectivity index (χ2n) is 10.3. The topological polar surface area (TPSA) is 93.9 Å². The van der Waals surface area contributed by atoms with Gasteiger partial charge in [-0.1, -0.05) is 79.7 Å². The van der Waals surface area contributed by atoms with Crippen LogP contribution in [0.2, 0.25) is 0 Å². The van der Waals surface area contributed by atoms with Gasteiger partial charge >= 0.3 is 0 Å². The summed E-state index contributed by atoms with van der Waals surface area (Å²) < 4.78 is 31.8. The standard InChI is InChI=1S/C34H30N4O3S2/c1-3-30-36-31-23(2)18-19-35-32(31)38(30)22-25-14-16-26(17-15-25)29-21-28(20-24-10-6-4-7-11-24)42-34(29)43(40,41)37-33(39)27-12-8-5-9-13-27/h4-19,21H,3,20,22H2,1-2H3,(H,37,39). The lowest BCUT2D eigenvalue weighted by molar-refractivity contribution is 0.0981. The summed E-state index contributed by atoms with van der Waals surface area (Å²) >= 11 is 1.19. The second kappa shape index (κ2) is 11.9. The molecule has 0 atom stereocenters. The van der Waals surface area contributed by atoms with Crippen molar-refractivity contribution in [1.29, 1.82) is 0 Å². The number of imidazole rings is 1. The zero-order valence-corrected chi connectivity index (χ0v) is 25.5. The molecule has 0 radical (unpaired) electrons. The highest BCUT2D eigenvalue weighted by Crippen LogP contribution is 2.36. The highest BCUT2D eigenvalue weighted by molar-refractivity contribution is 7.92. The maximum Gasteiger partial charge on any atom is 0.274 e. The number of carbonyl (C=O) groups excluding carboxylic acids is 1. The predicted octanol–water partition coefficient (Wildman–Crippen LogP) is 6.79. The quantitative estimate of drug-likeness (QED) is 0.196. The largest absolute Gasteiger partial charge is 0.308 e. The van der Waals surface area contributed by atoms with Crippen molar-refractivity contribution in [1.82, 2.24) is 19.3 Å². The molecule has 0 unspecified atom stereocenters. The molecule has 216 valence electrons. The molecule has 0 aliphatic rings. The van der Waals surface area contributed by atoms with E-state index in [0.717, 1.165) is 50.5 Å². The highest BCUT2D eigenvalue weighted by Gasteiger charge is 2.26. The van der Waals surface area contributed by atoms with E-state index < -0.39 is 15.9 Å². The number of benzene rings is 3. The number of sulfonamides is 1. The molecule has 6 aromatic rings. The minimum absolute atomic E-state index is 0.115. The first-order valence-electron chi connectivity index (χ1n) is 14.0. The minimum Gasteiger partial charge on any atom is -0.308 e. The molecular formula is C34H30N4O3S2. The van der Waals surface area contributed by atoms with Crippen LogP contribution in [0.5, 0.6) is 0 Å². The second-order valence-corrected chi connectivity index (χ2v) is 13.4. The van der Waals surface area contributed by atoms with Gasteiger partial charge in [0.2, 0.25) is 0 Å². The Morgan fingerprint density at radius 2 is 1.60 bits per heavy atom. The molecule has 1 amide bonds. The fourth-order valence-electron chi connectivity index (χ4n) is 5.12. The van der Waals surface area contributed by atoms with Gasteiger partial charge in [-0.25, -0.2) is 23.1 Å². The number of nitrogens with zero attached hydrogens (tertiary/aromatic N) is 3. The number of rotatable bonds is 9. The fraction of sp³-hybridized carbons (Fsp3) is 0.147. The summed E-state index contributed by atoms with van der Waals surface area (Å²) in [5.41, 5.74) is 6.57. The third-order valence-electron chi connectivity index (χ3n) is 7.31. The van der Waals surface area contributed by atoms with Gasteiger partial charge in [0.15, 0.2) is 5.65 Å². The third-order valence-corrected chi connectivity index (χ3v) is 10.3. The lowest BCUT2D eigenvalue weighted by atomic mass is 10.0. The summed E-state index contributed by atoms with van der Waals surface area (Å²) in [7, 11) is -4.15. The number of pyridine rings is 1.